The first-order valence-corrected chi connectivity index (χ1v) is 8.64. The summed E-state index contributed by atoms with van der Waals surface area (Å²) in [7, 11) is 3.55. The Bertz CT molecular complexity index is 758. The van der Waals surface area contributed by atoms with Crippen molar-refractivity contribution in [1.82, 2.24) is 20.0 Å². The van der Waals surface area contributed by atoms with Gasteiger partial charge in [-0.3, -0.25) is 14.3 Å². The van der Waals surface area contributed by atoms with Crippen molar-refractivity contribution in [3.8, 4) is 0 Å². The van der Waals surface area contributed by atoms with E-state index in [4.69, 9.17) is 0 Å². The van der Waals surface area contributed by atoms with E-state index in [9.17, 15) is 9.59 Å². The summed E-state index contributed by atoms with van der Waals surface area (Å²) < 4.78 is 1.66. The lowest BCUT2D eigenvalue weighted by Crippen LogP contribution is -2.34. The predicted octanol–water partition coefficient (Wildman–Crippen LogP) is 2.50. The first-order valence-electron chi connectivity index (χ1n) is 8.64. The topological polar surface area (TPSA) is 79.3 Å². The Morgan fingerprint density at radius 3 is 2.30 bits per heavy atom. The molecule has 0 saturated carbocycles. The van der Waals surface area contributed by atoms with Crippen molar-refractivity contribution in [2.45, 2.75) is 39.4 Å². The fourth-order valence-corrected chi connectivity index (χ4v) is 2.80. The second-order valence-electron chi connectivity index (χ2n) is 6.60. The molecule has 0 bridgehead atoms. The number of benzene rings is 1. The van der Waals surface area contributed by atoms with Gasteiger partial charge in [-0.2, -0.15) is 5.10 Å². The standard InChI is InChI=1S/C19H27N5O2.ClH/c1-13(2)24(14(3)25)11-15-6-8-17(9-7-15)22-19(26)18(20-4)16-10-21-23(5)12-16;/h6-10,12-13,18,20H,11H2,1-5H3,(H,22,26);1H. The van der Waals surface area contributed by atoms with Crippen LogP contribution in [0.15, 0.2) is 36.7 Å². The van der Waals surface area contributed by atoms with Crippen LogP contribution in [0.2, 0.25) is 0 Å². The van der Waals surface area contributed by atoms with Crippen molar-refractivity contribution in [2.75, 3.05) is 12.4 Å². The number of carbonyl (C=O) groups is 2. The minimum Gasteiger partial charge on any atom is -0.336 e. The molecule has 148 valence electrons. The van der Waals surface area contributed by atoms with Crippen molar-refractivity contribution in [3.63, 3.8) is 0 Å². The number of hydrogen-bond donors (Lipinski definition) is 2. The minimum atomic E-state index is -0.475. The molecular weight excluding hydrogens is 366 g/mol. The van der Waals surface area contributed by atoms with Crippen LogP contribution in [0.4, 0.5) is 5.69 Å². The average Bonchev–Trinajstić information content (AvgIpc) is 3.00. The van der Waals surface area contributed by atoms with Crippen LogP contribution >= 0.6 is 12.4 Å². The maximum atomic E-state index is 12.5. The molecule has 27 heavy (non-hydrogen) atoms. The Hall–Kier alpha value is -2.38. The minimum absolute atomic E-state index is 0. The summed E-state index contributed by atoms with van der Waals surface area (Å²) in [5.41, 5.74) is 2.53. The number of nitrogens with zero attached hydrogens (tertiary/aromatic N) is 3. The summed E-state index contributed by atoms with van der Waals surface area (Å²) in [6.45, 7) is 6.11. The van der Waals surface area contributed by atoms with E-state index in [1.165, 1.54) is 0 Å². The number of hydrogen-bond acceptors (Lipinski definition) is 4. The maximum absolute atomic E-state index is 12.5. The number of nitrogens with one attached hydrogen (secondary N) is 2. The fraction of sp³-hybridized carbons (Fsp3) is 0.421. The van der Waals surface area contributed by atoms with Crippen molar-refractivity contribution in [3.05, 3.63) is 47.8 Å². The average molecular weight is 394 g/mol. The number of carbonyl (C=O) groups excluding carboxylic acids is 2. The Balaban J connectivity index is 0.00000364. The van der Waals surface area contributed by atoms with Crippen LogP contribution in [0.1, 0.15) is 37.9 Å². The Labute approximate surface area is 166 Å². The molecule has 2 rings (SSSR count). The molecule has 1 aromatic heterocycles. The molecule has 0 saturated heterocycles. The summed E-state index contributed by atoms with van der Waals surface area (Å²) in [4.78, 5) is 26.0. The summed E-state index contributed by atoms with van der Waals surface area (Å²) in [5.74, 6) is -0.105. The lowest BCUT2D eigenvalue weighted by molar-refractivity contribution is -0.131. The van der Waals surface area contributed by atoms with Gasteiger partial charge in [0.05, 0.1) is 6.20 Å². The van der Waals surface area contributed by atoms with Crippen LogP contribution in [0.3, 0.4) is 0 Å². The number of aromatic nitrogens is 2. The number of anilines is 1. The molecular formula is C19H28ClN5O2. The second-order valence-corrected chi connectivity index (χ2v) is 6.60. The van der Waals surface area contributed by atoms with Crippen molar-refractivity contribution in [1.29, 1.82) is 0 Å². The Morgan fingerprint density at radius 2 is 1.85 bits per heavy atom. The zero-order valence-electron chi connectivity index (χ0n) is 16.4. The van der Waals surface area contributed by atoms with Crippen molar-refractivity contribution >= 4 is 29.9 Å². The summed E-state index contributed by atoms with van der Waals surface area (Å²) in [5, 5.41) is 10.0. The first-order chi connectivity index (χ1) is 12.3. The molecule has 0 aliphatic heterocycles. The summed E-state index contributed by atoms with van der Waals surface area (Å²) in [6, 6.07) is 7.21. The monoisotopic (exact) mass is 393 g/mol. The third-order valence-corrected chi connectivity index (χ3v) is 4.21. The van der Waals surface area contributed by atoms with Crippen LogP contribution in [-0.4, -0.2) is 39.6 Å². The normalized spacial score (nSPS) is 11.6. The van der Waals surface area contributed by atoms with Gasteiger partial charge >= 0.3 is 0 Å². The van der Waals surface area contributed by atoms with Crippen LogP contribution in [0.25, 0.3) is 0 Å². The zero-order chi connectivity index (χ0) is 19.3. The Kier molecular flexibility index (Phi) is 8.46. The van der Waals surface area contributed by atoms with Crippen molar-refractivity contribution < 1.29 is 9.59 Å². The molecule has 1 atom stereocenters. The van der Waals surface area contributed by atoms with Gasteiger partial charge in [0.1, 0.15) is 6.04 Å². The lowest BCUT2D eigenvalue weighted by Gasteiger charge is -2.25. The van der Waals surface area contributed by atoms with Gasteiger partial charge in [0.15, 0.2) is 0 Å². The lowest BCUT2D eigenvalue weighted by atomic mass is 10.1. The summed E-state index contributed by atoms with van der Waals surface area (Å²) >= 11 is 0. The zero-order valence-corrected chi connectivity index (χ0v) is 17.2. The maximum Gasteiger partial charge on any atom is 0.246 e. The van der Waals surface area contributed by atoms with E-state index in [-0.39, 0.29) is 30.3 Å². The first kappa shape index (κ1) is 22.7. The van der Waals surface area contributed by atoms with Gasteiger partial charge < -0.3 is 15.5 Å². The number of amides is 2. The summed E-state index contributed by atoms with van der Waals surface area (Å²) in [6.07, 6.45) is 3.48. The molecule has 2 aromatic rings. The van der Waals surface area contributed by atoms with Gasteiger partial charge in [0, 0.05) is 44.0 Å². The SMILES string of the molecule is CNC(C(=O)Nc1ccc(CN(C(C)=O)C(C)C)cc1)c1cnn(C)c1.Cl. The molecule has 2 N–H and O–H groups in total. The van der Waals surface area contributed by atoms with E-state index in [0.717, 1.165) is 11.1 Å². The van der Waals surface area contributed by atoms with Crippen LogP contribution in [-0.2, 0) is 23.2 Å². The fourth-order valence-electron chi connectivity index (χ4n) is 2.80. The van der Waals surface area contributed by atoms with Gasteiger partial charge in [0.2, 0.25) is 11.8 Å². The van der Waals surface area contributed by atoms with Gasteiger partial charge in [-0.15, -0.1) is 12.4 Å². The van der Waals surface area contributed by atoms with Crippen LogP contribution in [0.5, 0.6) is 0 Å². The largest absolute Gasteiger partial charge is 0.336 e. The molecule has 8 heteroatoms. The molecule has 1 aromatic carbocycles. The smallest absolute Gasteiger partial charge is 0.246 e. The number of halogens is 1. The molecule has 7 nitrogen and oxygen atoms in total. The Morgan fingerprint density at radius 1 is 1.22 bits per heavy atom. The van der Waals surface area contributed by atoms with E-state index in [1.54, 1.807) is 29.7 Å². The quantitative estimate of drug-likeness (QED) is 0.757. The highest BCUT2D eigenvalue weighted by Gasteiger charge is 2.20. The molecule has 2 amide bonds. The van der Waals surface area contributed by atoms with E-state index < -0.39 is 6.04 Å². The third kappa shape index (κ3) is 6.08. The van der Waals surface area contributed by atoms with Crippen LogP contribution < -0.4 is 10.6 Å². The molecule has 0 spiro atoms. The number of likely N-dealkylation sites (N-methyl/N-ethyl adjacent to an activating group) is 1. The van der Waals surface area contributed by atoms with E-state index in [0.29, 0.717) is 12.2 Å². The van der Waals surface area contributed by atoms with E-state index in [1.807, 2.05) is 51.4 Å². The highest BCUT2D eigenvalue weighted by Crippen LogP contribution is 2.17. The van der Waals surface area contributed by atoms with Gasteiger partial charge in [-0.05, 0) is 38.6 Å². The number of rotatable bonds is 7. The molecule has 1 unspecified atom stereocenters. The van der Waals surface area contributed by atoms with Gasteiger partial charge in [-0.1, -0.05) is 12.1 Å². The van der Waals surface area contributed by atoms with E-state index in [2.05, 4.69) is 15.7 Å². The molecule has 1 heterocycles. The molecule has 0 aliphatic rings. The molecule has 0 radical (unpaired) electrons. The second kappa shape index (κ2) is 10.1. The number of aryl methyl sites for hydroxylation is 1. The van der Waals surface area contributed by atoms with E-state index >= 15 is 0 Å². The highest BCUT2D eigenvalue weighted by atomic mass is 35.5. The highest BCUT2D eigenvalue weighted by molar-refractivity contribution is 5.95. The van der Waals surface area contributed by atoms with Crippen molar-refractivity contribution in [2.24, 2.45) is 7.05 Å². The third-order valence-electron chi connectivity index (χ3n) is 4.21. The van der Waals surface area contributed by atoms with Gasteiger partial charge in [0.25, 0.3) is 0 Å². The molecule has 0 aliphatic carbocycles. The molecule has 0 fully saturated rings. The van der Waals surface area contributed by atoms with Gasteiger partial charge in [-0.25, -0.2) is 0 Å². The predicted molar refractivity (Wildman–Crippen MR) is 109 cm³/mol. The van der Waals surface area contributed by atoms with Crippen LogP contribution in [0, 0.1) is 0 Å².